The van der Waals surface area contributed by atoms with Gasteiger partial charge in [-0.15, -0.1) is 0 Å². The van der Waals surface area contributed by atoms with E-state index in [1.807, 2.05) is 6.07 Å². The van der Waals surface area contributed by atoms with Crippen LogP contribution in [0.5, 0.6) is 0 Å². The standard InChI is InChI=1S/C13H18N4O/c18-13(10-4-5-10)16-11-8-12(15-9-14-11)17-6-2-1-3-7-17/h8-10H,1-7H2,(H,14,15,16,18). The van der Waals surface area contributed by atoms with E-state index in [4.69, 9.17) is 0 Å². The van der Waals surface area contributed by atoms with Crippen molar-refractivity contribution in [3.8, 4) is 0 Å². The Bertz CT molecular complexity index is 438. The molecule has 1 N–H and O–H groups in total. The molecule has 2 fully saturated rings. The molecule has 0 atom stereocenters. The predicted octanol–water partition coefficient (Wildman–Crippen LogP) is 1.82. The number of hydrogen-bond acceptors (Lipinski definition) is 4. The molecular formula is C13H18N4O. The van der Waals surface area contributed by atoms with Gasteiger partial charge in [0.2, 0.25) is 5.91 Å². The van der Waals surface area contributed by atoms with Crippen LogP contribution in [0.1, 0.15) is 32.1 Å². The van der Waals surface area contributed by atoms with Crippen molar-refractivity contribution in [3.05, 3.63) is 12.4 Å². The lowest BCUT2D eigenvalue weighted by molar-refractivity contribution is -0.117. The minimum atomic E-state index is 0.0956. The molecule has 0 spiro atoms. The number of carbonyl (C=O) groups excluding carboxylic acids is 1. The molecule has 0 radical (unpaired) electrons. The Morgan fingerprint density at radius 2 is 2.00 bits per heavy atom. The highest BCUT2D eigenvalue weighted by Gasteiger charge is 2.29. The average Bonchev–Trinajstić information content (AvgIpc) is 3.24. The first-order valence-electron chi connectivity index (χ1n) is 6.71. The van der Waals surface area contributed by atoms with Crippen LogP contribution >= 0.6 is 0 Å². The normalized spacial score (nSPS) is 19.7. The van der Waals surface area contributed by atoms with Crippen LogP contribution in [0.2, 0.25) is 0 Å². The number of nitrogens with one attached hydrogen (secondary N) is 1. The monoisotopic (exact) mass is 246 g/mol. The Labute approximate surface area is 107 Å². The van der Waals surface area contributed by atoms with Crippen molar-refractivity contribution in [1.29, 1.82) is 0 Å². The molecule has 96 valence electrons. The Kier molecular flexibility index (Phi) is 3.13. The molecule has 5 nitrogen and oxygen atoms in total. The molecule has 2 aliphatic rings. The minimum Gasteiger partial charge on any atom is -0.356 e. The van der Waals surface area contributed by atoms with E-state index in [1.54, 1.807) is 0 Å². The van der Waals surface area contributed by atoms with Crippen LogP contribution in [-0.2, 0) is 4.79 Å². The molecule has 0 bridgehead atoms. The summed E-state index contributed by atoms with van der Waals surface area (Å²) in [5.41, 5.74) is 0. The van der Waals surface area contributed by atoms with Gasteiger partial charge in [0.05, 0.1) is 0 Å². The number of nitrogens with zero attached hydrogens (tertiary/aromatic N) is 3. The van der Waals surface area contributed by atoms with Gasteiger partial charge >= 0.3 is 0 Å². The summed E-state index contributed by atoms with van der Waals surface area (Å²) in [5.74, 6) is 1.86. The molecule has 1 aromatic heterocycles. The van der Waals surface area contributed by atoms with Gasteiger partial charge in [-0.05, 0) is 32.1 Å². The Morgan fingerprint density at radius 3 is 2.72 bits per heavy atom. The van der Waals surface area contributed by atoms with E-state index in [0.717, 1.165) is 31.7 Å². The number of rotatable bonds is 3. The zero-order valence-electron chi connectivity index (χ0n) is 10.4. The molecule has 1 saturated heterocycles. The zero-order valence-corrected chi connectivity index (χ0v) is 10.4. The minimum absolute atomic E-state index is 0.0956. The maximum absolute atomic E-state index is 11.7. The first-order valence-corrected chi connectivity index (χ1v) is 6.71. The van der Waals surface area contributed by atoms with Gasteiger partial charge in [-0.3, -0.25) is 4.79 Å². The van der Waals surface area contributed by atoms with E-state index in [9.17, 15) is 4.79 Å². The average molecular weight is 246 g/mol. The number of amides is 1. The molecule has 0 unspecified atom stereocenters. The third-order valence-corrected chi connectivity index (χ3v) is 3.53. The van der Waals surface area contributed by atoms with Crippen LogP contribution in [0.25, 0.3) is 0 Å². The Morgan fingerprint density at radius 1 is 1.22 bits per heavy atom. The van der Waals surface area contributed by atoms with E-state index >= 15 is 0 Å². The van der Waals surface area contributed by atoms with Crippen LogP contribution in [0.3, 0.4) is 0 Å². The van der Waals surface area contributed by atoms with Crippen LogP contribution in [0.4, 0.5) is 11.6 Å². The lowest BCUT2D eigenvalue weighted by Gasteiger charge is -2.27. The number of aromatic nitrogens is 2. The first-order chi connectivity index (χ1) is 8.83. The first kappa shape index (κ1) is 11.4. The zero-order chi connectivity index (χ0) is 12.4. The van der Waals surface area contributed by atoms with Crippen molar-refractivity contribution in [2.24, 2.45) is 5.92 Å². The van der Waals surface area contributed by atoms with Crippen LogP contribution < -0.4 is 10.2 Å². The summed E-state index contributed by atoms with van der Waals surface area (Å²) in [6.07, 6.45) is 7.28. The van der Waals surface area contributed by atoms with Crippen molar-refractivity contribution in [2.75, 3.05) is 23.3 Å². The van der Waals surface area contributed by atoms with Crippen molar-refractivity contribution < 1.29 is 4.79 Å². The molecule has 0 aromatic carbocycles. The van der Waals surface area contributed by atoms with Gasteiger partial charge in [0.15, 0.2) is 0 Å². The van der Waals surface area contributed by atoms with E-state index in [-0.39, 0.29) is 11.8 Å². The lowest BCUT2D eigenvalue weighted by Crippen LogP contribution is -2.30. The van der Waals surface area contributed by atoms with Crippen LogP contribution in [0.15, 0.2) is 12.4 Å². The molecule has 18 heavy (non-hydrogen) atoms. The Hall–Kier alpha value is -1.65. The third-order valence-electron chi connectivity index (χ3n) is 3.53. The van der Waals surface area contributed by atoms with Crippen molar-refractivity contribution in [3.63, 3.8) is 0 Å². The van der Waals surface area contributed by atoms with Gasteiger partial charge in [0.25, 0.3) is 0 Å². The highest BCUT2D eigenvalue weighted by atomic mass is 16.2. The smallest absolute Gasteiger partial charge is 0.228 e. The second-order valence-electron chi connectivity index (χ2n) is 5.07. The quantitative estimate of drug-likeness (QED) is 0.883. The SMILES string of the molecule is O=C(Nc1cc(N2CCCCC2)ncn1)C1CC1. The Balaban J connectivity index is 1.69. The maximum Gasteiger partial charge on any atom is 0.228 e. The molecule has 1 aliphatic heterocycles. The van der Waals surface area contributed by atoms with Gasteiger partial charge in [-0.25, -0.2) is 9.97 Å². The summed E-state index contributed by atoms with van der Waals surface area (Å²) >= 11 is 0. The van der Waals surface area contributed by atoms with Gasteiger partial charge in [-0.2, -0.15) is 0 Å². The van der Waals surface area contributed by atoms with E-state index in [0.29, 0.717) is 5.82 Å². The fourth-order valence-corrected chi connectivity index (χ4v) is 2.29. The molecule has 2 heterocycles. The van der Waals surface area contributed by atoms with Gasteiger partial charge in [0.1, 0.15) is 18.0 Å². The largest absolute Gasteiger partial charge is 0.356 e. The summed E-state index contributed by atoms with van der Waals surface area (Å²) in [6.45, 7) is 2.10. The maximum atomic E-state index is 11.7. The molecule has 1 aliphatic carbocycles. The number of piperidine rings is 1. The number of hydrogen-bond donors (Lipinski definition) is 1. The number of carbonyl (C=O) groups is 1. The highest BCUT2D eigenvalue weighted by Crippen LogP contribution is 2.30. The lowest BCUT2D eigenvalue weighted by atomic mass is 10.1. The fourth-order valence-electron chi connectivity index (χ4n) is 2.29. The summed E-state index contributed by atoms with van der Waals surface area (Å²) in [5, 5.41) is 2.87. The second-order valence-corrected chi connectivity index (χ2v) is 5.07. The molecule has 1 amide bonds. The molecule has 1 saturated carbocycles. The summed E-state index contributed by atoms with van der Waals surface area (Å²) < 4.78 is 0. The molecular weight excluding hydrogens is 228 g/mol. The summed E-state index contributed by atoms with van der Waals surface area (Å²) in [7, 11) is 0. The van der Waals surface area contributed by atoms with Gasteiger partial charge in [0, 0.05) is 25.1 Å². The summed E-state index contributed by atoms with van der Waals surface area (Å²) in [4.78, 5) is 22.3. The van der Waals surface area contributed by atoms with E-state index in [2.05, 4.69) is 20.2 Å². The van der Waals surface area contributed by atoms with Crippen molar-refractivity contribution >= 4 is 17.5 Å². The predicted molar refractivity (Wildman–Crippen MR) is 69.4 cm³/mol. The fraction of sp³-hybridized carbons (Fsp3) is 0.615. The van der Waals surface area contributed by atoms with E-state index in [1.165, 1.54) is 25.6 Å². The highest BCUT2D eigenvalue weighted by molar-refractivity contribution is 5.93. The summed E-state index contributed by atoms with van der Waals surface area (Å²) in [6, 6.07) is 1.88. The van der Waals surface area contributed by atoms with E-state index < -0.39 is 0 Å². The molecule has 3 rings (SSSR count). The van der Waals surface area contributed by atoms with Gasteiger partial charge < -0.3 is 10.2 Å². The van der Waals surface area contributed by atoms with Crippen molar-refractivity contribution in [1.82, 2.24) is 9.97 Å². The molecule has 5 heteroatoms. The van der Waals surface area contributed by atoms with Crippen LogP contribution in [-0.4, -0.2) is 29.0 Å². The second kappa shape index (κ2) is 4.92. The van der Waals surface area contributed by atoms with Crippen LogP contribution in [0, 0.1) is 5.92 Å². The van der Waals surface area contributed by atoms with Gasteiger partial charge in [-0.1, -0.05) is 0 Å². The number of anilines is 2. The third kappa shape index (κ3) is 2.60. The van der Waals surface area contributed by atoms with Crippen molar-refractivity contribution in [2.45, 2.75) is 32.1 Å². The molecule has 1 aromatic rings. The topological polar surface area (TPSA) is 58.1 Å².